The van der Waals surface area contributed by atoms with E-state index in [1.807, 2.05) is 6.07 Å². The van der Waals surface area contributed by atoms with Crippen molar-refractivity contribution in [2.45, 2.75) is 11.8 Å². The predicted molar refractivity (Wildman–Crippen MR) is 113 cm³/mol. The fourth-order valence-corrected chi connectivity index (χ4v) is 4.09. The van der Waals surface area contributed by atoms with Crippen LogP contribution in [0, 0.1) is 18.3 Å². The molecular weight excluding hydrogens is 410 g/mol. The van der Waals surface area contributed by atoms with Gasteiger partial charge < -0.3 is 5.32 Å². The van der Waals surface area contributed by atoms with Gasteiger partial charge in [0.2, 0.25) is 0 Å². The van der Waals surface area contributed by atoms with Crippen LogP contribution in [0.25, 0.3) is 0 Å². The Morgan fingerprint density at radius 1 is 1.00 bits per heavy atom. The third-order valence-corrected chi connectivity index (χ3v) is 5.86. The predicted octanol–water partition coefficient (Wildman–Crippen LogP) is 4.57. The molecule has 0 bridgehead atoms. The summed E-state index contributed by atoms with van der Waals surface area (Å²) in [6.07, 6.45) is 0. The van der Waals surface area contributed by atoms with Gasteiger partial charge in [-0.1, -0.05) is 23.7 Å². The van der Waals surface area contributed by atoms with Gasteiger partial charge in [0.25, 0.3) is 15.9 Å². The minimum atomic E-state index is -3.88. The Balaban J connectivity index is 1.86. The number of nitriles is 1. The number of nitrogens with zero attached hydrogens (tertiary/aromatic N) is 1. The van der Waals surface area contributed by atoms with Crippen molar-refractivity contribution >= 4 is 38.9 Å². The first-order chi connectivity index (χ1) is 13.8. The second kappa shape index (κ2) is 8.35. The van der Waals surface area contributed by atoms with E-state index in [0.29, 0.717) is 33.1 Å². The number of nitrogens with one attached hydrogen (secondary N) is 2. The first-order valence-corrected chi connectivity index (χ1v) is 10.4. The molecule has 2 N–H and O–H groups in total. The van der Waals surface area contributed by atoms with Crippen LogP contribution in [-0.2, 0) is 10.0 Å². The minimum Gasteiger partial charge on any atom is -0.322 e. The van der Waals surface area contributed by atoms with Gasteiger partial charge in [0.1, 0.15) is 0 Å². The summed E-state index contributed by atoms with van der Waals surface area (Å²) in [4.78, 5) is 12.5. The van der Waals surface area contributed by atoms with Crippen molar-refractivity contribution in [3.63, 3.8) is 0 Å². The fraction of sp³-hybridized carbons (Fsp3) is 0.0476. The first kappa shape index (κ1) is 20.4. The number of hydrogen-bond acceptors (Lipinski definition) is 4. The van der Waals surface area contributed by atoms with Crippen LogP contribution < -0.4 is 10.0 Å². The highest BCUT2D eigenvalue weighted by Gasteiger charge is 2.18. The monoisotopic (exact) mass is 425 g/mol. The van der Waals surface area contributed by atoms with Gasteiger partial charge in [-0.15, -0.1) is 0 Å². The number of carbonyl (C=O) groups is 1. The molecule has 8 heteroatoms. The number of sulfonamides is 1. The lowest BCUT2D eigenvalue weighted by Crippen LogP contribution is -2.16. The van der Waals surface area contributed by atoms with Gasteiger partial charge in [-0.3, -0.25) is 9.52 Å². The number of hydrogen-bond donors (Lipinski definition) is 2. The highest BCUT2D eigenvalue weighted by Crippen LogP contribution is 2.24. The van der Waals surface area contributed by atoms with E-state index in [-0.39, 0.29) is 4.90 Å². The Kier molecular flexibility index (Phi) is 5.87. The zero-order chi connectivity index (χ0) is 21.0. The zero-order valence-corrected chi connectivity index (χ0v) is 16.9. The molecule has 3 aromatic rings. The summed E-state index contributed by atoms with van der Waals surface area (Å²) in [6.45, 7) is 1.67. The molecule has 3 aromatic carbocycles. The Bertz CT molecular complexity index is 1220. The van der Waals surface area contributed by atoms with Gasteiger partial charge in [-0.2, -0.15) is 5.26 Å². The zero-order valence-electron chi connectivity index (χ0n) is 15.3. The molecule has 0 saturated carbocycles. The molecule has 0 aliphatic heterocycles. The van der Waals surface area contributed by atoms with Crippen LogP contribution in [0.3, 0.4) is 0 Å². The van der Waals surface area contributed by atoms with E-state index < -0.39 is 15.9 Å². The summed E-state index contributed by atoms with van der Waals surface area (Å²) in [5, 5.41) is 12.1. The number of aryl methyl sites for hydroxylation is 1. The van der Waals surface area contributed by atoms with Crippen molar-refractivity contribution in [1.82, 2.24) is 0 Å². The van der Waals surface area contributed by atoms with Gasteiger partial charge in [-0.25, -0.2) is 8.42 Å². The highest BCUT2D eigenvalue weighted by molar-refractivity contribution is 7.92. The molecule has 0 radical (unpaired) electrons. The third-order valence-electron chi connectivity index (χ3n) is 4.09. The van der Waals surface area contributed by atoms with E-state index in [4.69, 9.17) is 16.9 Å². The lowest BCUT2D eigenvalue weighted by Gasteiger charge is -2.13. The van der Waals surface area contributed by atoms with E-state index in [2.05, 4.69) is 10.0 Å². The number of carbonyl (C=O) groups excluding carboxylic acids is 1. The number of anilines is 2. The molecule has 0 fully saturated rings. The topological polar surface area (TPSA) is 99.1 Å². The lowest BCUT2D eigenvalue weighted by molar-refractivity contribution is 0.102. The molecule has 0 spiro atoms. The van der Waals surface area contributed by atoms with Gasteiger partial charge in [-0.05, 0) is 67.1 Å². The minimum absolute atomic E-state index is 0.0380. The number of amides is 1. The molecule has 0 aliphatic carbocycles. The molecule has 0 saturated heterocycles. The van der Waals surface area contributed by atoms with Gasteiger partial charge in [0.05, 0.1) is 16.5 Å². The van der Waals surface area contributed by atoms with E-state index in [0.717, 1.165) is 0 Å². The molecule has 146 valence electrons. The number of halogens is 1. The quantitative estimate of drug-likeness (QED) is 0.625. The summed E-state index contributed by atoms with van der Waals surface area (Å²) in [6, 6.07) is 19.1. The SMILES string of the molecule is Cc1ccc(NC(=O)c2cccc(C#N)c2)cc1S(=O)(=O)Nc1ccc(Cl)cc1. The smallest absolute Gasteiger partial charge is 0.262 e. The van der Waals surface area contributed by atoms with E-state index >= 15 is 0 Å². The Labute approximate surface area is 173 Å². The van der Waals surface area contributed by atoms with Crippen molar-refractivity contribution in [2.75, 3.05) is 10.0 Å². The number of rotatable bonds is 5. The molecule has 0 aromatic heterocycles. The Morgan fingerprint density at radius 3 is 2.38 bits per heavy atom. The van der Waals surface area contributed by atoms with Crippen LogP contribution in [-0.4, -0.2) is 14.3 Å². The van der Waals surface area contributed by atoms with E-state index in [1.54, 1.807) is 61.5 Å². The van der Waals surface area contributed by atoms with Gasteiger partial charge >= 0.3 is 0 Å². The normalized spacial score (nSPS) is 10.8. The fourth-order valence-electron chi connectivity index (χ4n) is 2.63. The van der Waals surface area contributed by atoms with Crippen molar-refractivity contribution < 1.29 is 13.2 Å². The molecule has 29 heavy (non-hydrogen) atoms. The molecule has 1 amide bonds. The van der Waals surface area contributed by atoms with Crippen LogP contribution in [0.4, 0.5) is 11.4 Å². The van der Waals surface area contributed by atoms with E-state index in [9.17, 15) is 13.2 Å². The molecular formula is C21H16ClN3O3S. The van der Waals surface area contributed by atoms with Crippen LogP contribution in [0.15, 0.2) is 71.6 Å². The lowest BCUT2D eigenvalue weighted by atomic mass is 10.1. The third kappa shape index (κ3) is 4.93. The molecule has 0 heterocycles. The average molecular weight is 426 g/mol. The standard InChI is InChI=1S/C21H16ClN3O3S/c1-14-5-8-19(24-21(26)16-4-2-3-15(11-16)13-23)12-20(14)29(27,28)25-18-9-6-17(22)7-10-18/h2-12,25H,1H3,(H,24,26). The Hall–Kier alpha value is -3.34. The molecule has 0 atom stereocenters. The largest absolute Gasteiger partial charge is 0.322 e. The summed E-state index contributed by atoms with van der Waals surface area (Å²) in [5.74, 6) is -0.444. The maximum atomic E-state index is 12.8. The summed E-state index contributed by atoms with van der Waals surface area (Å²) in [5.41, 5.74) is 1.87. The van der Waals surface area contributed by atoms with Crippen LogP contribution >= 0.6 is 11.6 Å². The highest BCUT2D eigenvalue weighted by atomic mass is 35.5. The number of benzene rings is 3. The van der Waals surface area contributed by atoms with Gasteiger partial charge in [0, 0.05) is 22.0 Å². The molecule has 0 unspecified atom stereocenters. The van der Waals surface area contributed by atoms with Crippen molar-refractivity contribution in [2.24, 2.45) is 0 Å². The first-order valence-electron chi connectivity index (χ1n) is 8.49. The van der Waals surface area contributed by atoms with Crippen LogP contribution in [0.2, 0.25) is 5.02 Å². The Morgan fingerprint density at radius 2 is 1.69 bits per heavy atom. The van der Waals surface area contributed by atoms with Crippen molar-refractivity contribution in [3.05, 3.63) is 88.4 Å². The second-order valence-electron chi connectivity index (χ2n) is 6.24. The maximum absolute atomic E-state index is 12.8. The van der Waals surface area contributed by atoms with Crippen molar-refractivity contribution in [1.29, 1.82) is 5.26 Å². The molecule has 6 nitrogen and oxygen atoms in total. The van der Waals surface area contributed by atoms with Gasteiger partial charge in [0.15, 0.2) is 0 Å². The molecule has 3 rings (SSSR count). The average Bonchev–Trinajstić information content (AvgIpc) is 2.71. The van der Waals surface area contributed by atoms with Crippen molar-refractivity contribution in [3.8, 4) is 6.07 Å². The van der Waals surface area contributed by atoms with Crippen LogP contribution in [0.5, 0.6) is 0 Å². The summed E-state index contributed by atoms with van der Waals surface area (Å²) < 4.78 is 28.1. The van der Waals surface area contributed by atoms with E-state index in [1.165, 1.54) is 12.1 Å². The summed E-state index contributed by atoms with van der Waals surface area (Å²) >= 11 is 5.83. The second-order valence-corrected chi connectivity index (χ2v) is 8.33. The summed E-state index contributed by atoms with van der Waals surface area (Å²) in [7, 11) is -3.88. The maximum Gasteiger partial charge on any atom is 0.262 e. The van der Waals surface area contributed by atoms with Crippen LogP contribution in [0.1, 0.15) is 21.5 Å². The molecule has 0 aliphatic rings.